The van der Waals surface area contributed by atoms with Gasteiger partial charge in [0, 0.05) is 18.5 Å². The van der Waals surface area contributed by atoms with Crippen molar-refractivity contribution in [1.29, 1.82) is 0 Å². The summed E-state index contributed by atoms with van der Waals surface area (Å²) in [5.74, 6) is 1.24. The number of carbonyl (C=O) groups is 1. The van der Waals surface area contributed by atoms with Gasteiger partial charge in [-0.3, -0.25) is 4.79 Å². The zero-order valence-electron chi connectivity index (χ0n) is 10.3. The molecule has 0 bridgehead atoms. The predicted octanol–water partition coefficient (Wildman–Crippen LogP) is 2.69. The van der Waals surface area contributed by atoms with Crippen LogP contribution in [0.15, 0.2) is 30.3 Å². The Labute approximate surface area is 113 Å². The first-order valence-corrected chi connectivity index (χ1v) is 6.88. The van der Waals surface area contributed by atoms with Gasteiger partial charge in [0.15, 0.2) is 6.61 Å². The quantitative estimate of drug-likeness (QED) is 0.742. The highest BCUT2D eigenvalue weighted by Gasteiger charge is 2.28. The van der Waals surface area contributed by atoms with Crippen molar-refractivity contribution in [2.75, 3.05) is 19.0 Å². The van der Waals surface area contributed by atoms with E-state index in [4.69, 9.17) is 16.3 Å². The SMILES string of the molecule is O=C(COc1ccccc1)N(CCCl)C1CCC1. The predicted molar refractivity (Wildman–Crippen MR) is 72.0 cm³/mol. The monoisotopic (exact) mass is 267 g/mol. The van der Waals surface area contributed by atoms with Crippen LogP contribution < -0.4 is 4.74 Å². The van der Waals surface area contributed by atoms with Crippen molar-refractivity contribution < 1.29 is 9.53 Å². The first-order chi connectivity index (χ1) is 8.81. The van der Waals surface area contributed by atoms with Crippen LogP contribution in [0.5, 0.6) is 5.75 Å². The smallest absolute Gasteiger partial charge is 0.260 e. The van der Waals surface area contributed by atoms with E-state index in [1.54, 1.807) is 0 Å². The topological polar surface area (TPSA) is 29.5 Å². The number of benzene rings is 1. The minimum Gasteiger partial charge on any atom is -0.484 e. The summed E-state index contributed by atoms with van der Waals surface area (Å²) in [6, 6.07) is 9.77. The fourth-order valence-electron chi connectivity index (χ4n) is 2.05. The molecule has 98 valence electrons. The third kappa shape index (κ3) is 3.39. The summed E-state index contributed by atoms with van der Waals surface area (Å²) in [7, 11) is 0. The molecular formula is C14H18ClNO2. The summed E-state index contributed by atoms with van der Waals surface area (Å²) in [6.45, 7) is 0.709. The highest BCUT2D eigenvalue weighted by atomic mass is 35.5. The Morgan fingerprint density at radius 1 is 1.33 bits per heavy atom. The molecular weight excluding hydrogens is 250 g/mol. The summed E-state index contributed by atoms with van der Waals surface area (Å²) < 4.78 is 5.48. The van der Waals surface area contributed by atoms with Gasteiger partial charge in [-0.05, 0) is 31.4 Å². The van der Waals surface area contributed by atoms with Gasteiger partial charge in [0.1, 0.15) is 5.75 Å². The van der Waals surface area contributed by atoms with Crippen LogP contribution in [0.1, 0.15) is 19.3 Å². The fraction of sp³-hybridized carbons (Fsp3) is 0.500. The second kappa shape index (κ2) is 6.64. The fourth-order valence-corrected chi connectivity index (χ4v) is 2.23. The first kappa shape index (κ1) is 13.2. The molecule has 1 aromatic carbocycles. The van der Waals surface area contributed by atoms with E-state index in [-0.39, 0.29) is 12.5 Å². The van der Waals surface area contributed by atoms with Gasteiger partial charge in [-0.15, -0.1) is 11.6 Å². The Balaban J connectivity index is 1.85. The summed E-state index contributed by atoms with van der Waals surface area (Å²) >= 11 is 5.75. The Hall–Kier alpha value is -1.22. The number of carbonyl (C=O) groups excluding carboxylic acids is 1. The summed E-state index contributed by atoms with van der Waals surface area (Å²) in [5, 5.41) is 0. The molecule has 1 saturated carbocycles. The number of amides is 1. The maximum Gasteiger partial charge on any atom is 0.260 e. The van der Waals surface area contributed by atoms with Crippen LogP contribution in [0.4, 0.5) is 0 Å². The lowest BCUT2D eigenvalue weighted by Crippen LogP contribution is -2.47. The van der Waals surface area contributed by atoms with E-state index in [1.807, 2.05) is 35.2 Å². The van der Waals surface area contributed by atoms with Crippen molar-refractivity contribution in [3.8, 4) is 5.75 Å². The maximum absolute atomic E-state index is 12.1. The minimum atomic E-state index is 0.0317. The average Bonchev–Trinajstić information content (AvgIpc) is 2.34. The molecule has 0 atom stereocenters. The Morgan fingerprint density at radius 3 is 2.61 bits per heavy atom. The highest BCUT2D eigenvalue weighted by molar-refractivity contribution is 6.18. The Kier molecular flexibility index (Phi) is 4.88. The van der Waals surface area contributed by atoms with Crippen LogP contribution in [0.2, 0.25) is 0 Å². The van der Waals surface area contributed by atoms with Crippen molar-refractivity contribution in [3.63, 3.8) is 0 Å². The molecule has 1 amide bonds. The number of hydrogen-bond acceptors (Lipinski definition) is 2. The van der Waals surface area contributed by atoms with Gasteiger partial charge in [0.05, 0.1) is 0 Å². The van der Waals surface area contributed by atoms with Gasteiger partial charge in [0.25, 0.3) is 5.91 Å². The molecule has 1 aliphatic carbocycles. The normalized spacial score (nSPS) is 14.9. The Morgan fingerprint density at radius 2 is 2.06 bits per heavy atom. The lowest BCUT2D eigenvalue weighted by Gasteiger charge is -2.37. The number of nitrogens with zero attached hydrogens (tertiary/aromatic N) is 1. The van der Waals surface area contributed by atoms with Crippen molar-refractivity contribution in [1.82, 2.24) is 4.90 Å². The molecule has 18 heavy (non-hydrogen) atoms. The van der Waals surface area contributed by atoms with Gasteiger partial charge in [-0.2, -0.15) is 0 Å². The lowest BCUT2D eigenvalue weighted by molar-refractivity contribution is -0.137. The van der Waals surface area contributed by atoms with E-state index in [2.05, 4.69) is 0 Å². The molecule has 0 aliphatic heterocycles. The lowest BCUT2D eigenvalue weighted by atomic mass is 9.91. The number of ether oxygens (including phenoxy) is 1. The van der Waals surface area contributed by atoms with Crippen LogP contribution in [0.25, 0.3) is 0 Å². The van der Waals surface area contributed by atoms with E-state index in [0.29, 0.717) is 18.5 Å². The van der Waals surface area contributed by atoms with Crippen molar-refractivity contribution >= 4 is 17.5 Å². The standard InChI is InChI=1S/C14H18ClNO2/c15-9-10-16(12-5-4-6-12)14(17)11-18-13-7-2-1-3-8-13/h1-3,7-8,12H,4-6,9-11H2. The van der Waals surface area contributed by atoms with Gasteiger partial charge in [-0.1, -0.05) is 18.2 Å². The van der Waals surface area contributed by atoms with Gasteiger partial charge < -0.3 is 9.64 Å². The first-order valence-electron chi connectivity index (χ1n) is 6.34. The largest absolute Gasteiger partial charge is 0.484 e. The third-order valence-corrected chi connectivity index (χ3v) is 3.44. The summed E-state index contributed by atoms with van der Waals surface area (Å²) in [6.07, 6.45) is 3.39. The van der Waals surface area contributed by atoms with Crippen molar-refractivity contribution in [3.05, 3.63) is 30.3 Å². The molecule has 0 saturated heterocycles. The van der Waals surface area contributed by atoms with Crippen LogP contribution >= 0.6 is 11.6 Å². The van der Waals surface area contributed by atoms with Crippen molar-refractivity contribution in [2.24, 2.45) is 0 Å². The van der Waals surface area contributed by atoms with E-state index >= 15 is 0 Å². The second-order valence-corrected chi connectivity index (χ2v) is 4.84. The van der Waals surface area contributed by atoms with Crippen LogP contribution in [0.3, 0.4) is 0 Å². The Bertz CT molecular complexity index is 379. The second-order valence-electron chi connectivity index (χ2n) is 4.46. The van der Waals surface area contributed by atoms with Gasteiger partial charge >= 0.3 is 0 Å². The van der Waals surface area contributed by atoms with E-state index < -0.39 is 0 Å². The number of halogens is 1. The van der Waals surface area contributed by atoms with E-state index in [9.17, 15) is 4.79 Å². The molecule has 0 spiro atoms. The van der Waals surface area contributed by atoms with Crippen molar-refractivity contribution in [2.45, 2.75) is 25.3 Å². The molecule has 1 fully saturated rings. The molecule has 1 aliphatic rings. The highest BCUT2D eigenvalue weighted by Crippen LogP contribution is 2.24. The molecule has 0 aromatic heterocycles. The summed E-state index contributed by atoms with van der Waals surface area (Å²) in [5.41, 5.74) is 0. The van der Waals surface area contributed by atoms with Crippen LogP contribution in [-0.4, -0.2) is 35.9 Å². The number of para-hydroxylation sites is 1. The van der Waals surface area contributed by atoms with Gasteiger partial charge in [-0.25, -0.2) is 0 Å². The van der Waals surface area contributed by atoms with E-state index in [0.717, 1.165) is 18.6 Å². The maximum atomic E-state index is 12.1. The number of alkyl halides is 1. The zero-order chi connectivity index (χ0) is 12.8. The third-order valence-electron chi connectivity index (χ3n) is 3.27. The molecule has 0 radical (unpaired) electrons. The minimum absolute atomic E-state index is 0.0317. The van der Waals surface area contributed by atoms with Crippen LogP contribution in [0, 0.1) is 0 Å². The van der Waals surface area contributed by atoms with Gasteiger partial charge in [0.2, 0.25) is 0 Å². The average molecular weight is 268 g/mol. The molecule has 0 heterocycles. The molecule has 3 nitrogen and oxygen atoms in total. The molecule has 1 aromatic rings. The zero-order valence-corrected chi connectivity index (χ0v) is 11.1. The summed E-state index contributed by atoms with van der Waals surface area (Å²) in [4.78, 5) is 13.9. The van der Waals surface area contributed by atoms with Crippen LogP contribution in [-0.2, 0) is 4.79 Å². The molecule has 4 heteroatoms. The molecule has 0 unspecified atom stereocenters. The molecule has 2 rings (SSSR count). The molecule has 0 N–H and O–H groups in total. The number of hydrogen-bond donors (Lipinski definition) is 0. The number of rotatable bonds is 6. The van der Waals surface area contributed by atoms with E-state index in [1.165, 1.54) is 6.42 Å².